The second-order valence-corrected chi connectivity index (χ2v) is 9.04. The molecule has 1 aliphatic heterocycles. The first-order valence-electron chi connectivity index (χ1n) is 12.1. The minimum absolute atomic E-state index is 0.0704. The summed E-state index contributed by atoms with van der Waals surface area (Å²) < 4.78 is 13.1. The van der Waals surface area contributed by atoms with Crippen molar-refractivity contribution in [3.63, 3.8) is 0 Å². The van der Waals surface area contributed by atoms with Crippen molar-refractivity contribution >= 4 is 45.0 Å². The molecule has 186 valence electrons. The van der Waals surface area contributed by atoms with Gasteiger partial charge in [-0.3, -0.25) is 4.79 Å². The molecule has 0 aliphatic carbocycles. The van der Waals surface area contributed by atoms with Crippen LogP contribution in [0.5, 0.6) is 0 Å². The fourth-order valence-corrected chi connectivity index (χ4v) is 4.95. The topological polar surface area (TPSA) is 102 Å². The maximum atomic E-state index is 12.8. The summed E-state index contributed by atoms with van der Waals surface area (Å²) in [4.78, 5) is 36.3. The fraction of sp³-hybridized carbons (Fsp3) is 0.214. The van der Waals surface area contributed by atoms with E-state index in [0.29, 0.717) is 54.6 Å². The molecule has 0 radical (unpaired) electrons. The number of fused-ring (bicyclic) bond motifs is 2. The van der Waals surface area contributed by atoms with E-state index >= 15 is 0 Å². The molecule has 37 heavy (non-hydrogen) atoms. The zero-order valence-electron chi connectivity index (χ0n) is 20.5. The number of benzene rings is 2. The van der Waals surface area contributed by atoms with Gasteiger partial charge in [-0.25, -0.2) is 14.8 Å². The van der Waals surface area contributed by atoms with E-state index in [1.807, 2.05) is 48.5 Å². The lowest BCUT2D eigenvalue weighted by molar-refractivity contribution is 0.101. The Morgan fingerprint density at radius 2 is 1.92 bits per heavy atom. The van der Waals surface area contributed by atoms with Gasteiger partial charge in [0.2, 0.25) is 5.95 Å². The number of rotatable bonds is 5. The number of anilines is 3. The van der Waals surface area contributed by atoms with E-state index in [-0.39, 0.29) is 11.3 Å². The second-order valence-electron chi connectivity index (χ2n) is 9.04. The first kappa shape index (κ1) is 22.9. The Hall–Kier alpha value is -4.50. The van der Waals surface area contributed by atoms with Gasteiger partial charge in [-0.1, -0.05) is 18.2 Å². The maximum Gasteiger partial charge on any atom is 0.349 e. The summed E-state index contributed by atoms with van der Waals surface area (Å²) >= 11 is 0. The number of carbonyl (C=O) groups is 1. The monoisotopic (exact) mass is 495 g/mol. The highest BCUT2D eigenvalue weighted by Crippen LogP contribution is 2.33. The third-order valence-corrected chi connectivity index (χ3v) is 6.65. The molecule has 1 saturated heterocycles. The second kappa shape index (κ2) is 9.18. The number of hydrogen-bond donors (Lipinski definition) is 1. The van der Waals surface area contributed by atoms with Crippen LogP contribution in [0.15, 0.2) is 70.1 Å². The highest BCUT2D eigenvalue weighted by Gasteiger charge is 2.24. The highest BCUT2D eigenvalue weighted by molar-refractivity contribution is 6.07. The van der Waals surface area contributed by atoms with Crippen LogP contribution < -0.4 is 15.8 Å². The van der Waals surface area contributed by atoms with Gasteiger partial charge in [-0.15, -0.1) is 0 Å². The van der Waals surface area contributed by atoms with Crippen LogP contribution in [0.1, 0.15) is 17.3 Å². The number of ether oxygens (including phenoxy) is 1. The highest BCUT2D eigenvalue weighted by atomic mass is 16.5. The predicted octanol–water partition coefficient (Wildman–Crippen LogP) is 4.52. The molecule has 9 nitrogen and oxygen atoms in total. The number of aryl methyl sites for hydroxylation is 1. The summed E-state index contributed by atoms with van der Waals surface area (Å²) in [6.07, 6.45) is 3.74. The van der Waals surface area contributed by atoms with Gasteiger partial charge >= 0.3 is 5.63 Å². The molecule has 0 unspecified atom stereocenters. The summed E-state index contributed by atoms with van der Waals surface area (Å²) in [6, 6.07) is 15.5. The van der Waals surface area contributed by atoms with Crippen LogP contribution in [0.25, 0.3) is 33.1 Å². The predicted molar refractivity (Wildman–Crippen MR) is 143 cm³/mol. The van der Waals surface area contributed by atoms with E-state index < -0.39 is 5.63 Å². The molecule has 1 N–H and O–H groups in total. The van der Waals surface area contributed by atoms with Crippen LogP contribution in [0.2, 0.25) is 0 Å². The molecule has 1 aliphatic rings. The summed E-state index contributed by atoms with van der Waals surface area (Å²) in [7, 11) is 2.01. The molecule has 0 amide bonds. The van der Waals surface area contributed by atoms with Crippen molar-refractivity contribution in [2.75, 3.05) is 36.5 Å². The van der Waals surface area contributed by atoms with E-state index in [2.05, 4.69) is 27.0 Å². The quantitative estimate of drug-likeness (QED) is 0.280. The lowest BCUT2D eigenvalue weighted by atomic mass is 10.1. The first-order chi connectivity index (χ1) is 18.0. The van der Waals surface area contributed by atoms with Gasteiger partial charge in [0.15, 0.2) is 5.78 Å². The molecule has 6 rings (SSSR count). The van der Waals surface area contributed by atoms with Crippen molar-refractivity contribution in [3.8, 4) is 11.3 Å². The van der Waals surface area contributed by atoms with Crippen molar-refractivity contribution in [1.82, 2.24) is 14.5 Å². The van der Waals surface area contributed by atoms with E-state index in [1.165, 1.54) is 6.92 Å². The number of morpholine rings is 1. The van der Waals surface area contributed by atoms with Crippen molar-refractivity contribution < 1.29 is 13.9 Å². The van der Waals surface area contributed by atoms with Gasteiger partial charge in [0.05, 0.1) is 30.1 Å². The van der Waals surface area contributed by atoms with Crippen molar-refractivity contribution in [3.05, 3.63) is 76.9 Å². The molecule has 3 aromatic heterocycles. The average molecular weight is 496 g/mol. The molecule has 0 bridgehead atoms. The molecule has 5 aromatic rings. The maximum absolute atomic E-state index is 12.8. The van der Waals surface area contributed by atoms with Gasteiger partial charge in [-0.2, -0.15) is 0 Å². The number of nitrogens with zero attached hydrogens (tertiary/aromatic N) is 4. The molecule has 0 atom stereocenters. The summed E-state index contributed by atoms with van der Waals surface area (Å²) in [5, 5.41) is 5.06. The Labute approximate surface area is 212 Å². The van der Waals surface area contributed by atoms with Gasteiger partial charge in [0.1, 0.15) is 11.1 Å². The van der Waals surface area contributed by atoms with Gasteiger partial charge in [0, 0.05) is 60.6 Å². The number of Topliss-reactive ketones (excluding diaryl/α,β-unsaturated/α-hetero) is 1. The van der Waals surface area contributed by atoms with Crippen LogP contribution in [0.3, 0.4) is 0 Å². The number of nitrogens with one attached hydrogen (secondary N) is 1. The molecule has 1 fully saturated rings. The molecule has 0 spiro atoms. The SMILES string of the molecule is CC(=O)c1c(N2CCOCC2)c2ccc(Nc3nccc(-c4cccc5ccn(C)c45)n3)cc2oc1=O. The van der Waals surface area contributed by atoms with Crippen LogP contribution in [0, 0.1) is 0 Å². The summed E-state index contributed by atoms with van der Waals surface area (Å²) in [5.74, 6) is 0.0944. The minimum atomic E-state index is -0.646. The molecule has 9 heteroatoms. The number of aromatic nitrogens is 3. The van der Waals surface area contributed by atoms with Crippen molar-refractivity contribution in [2.45, 2.75) is 6.92 Å². The Morgan fingerprint density at radius 1 is 1.08 bits per heavy atom. The average Bonchev–Trinajstić information content (AvgIpc) is 3.29. The lowest BCUT2D eigenvalue weighted by Crippen LogP contribution is -2.38. The Bertz CT molecular complexity index is 1720. The molecule has 4 heterocycles. The Morgan fingerprint density at radius 3 is 2.73 bits per heavy atom. The first-order valence-corrected chi connectivity index (χ1v) is 12.1. The van der Waals surface area contributed by atoms with Crippen LogP contribution in [0.4, 0.5) is 17.3 Å². The van der Waals surface area contributed by atoms with Crippen molar-refractivity contribution in [1.29, 1.82) is 0 Å². The summed E-state index contributed by atoms with van der Waals surface area (Å²) in [6.45, 7) is 3.63. The normalized spacial score (nSPS) is 13.8. The van der Waals surface area contributed by atoms with Gasteiger partial charge in [0.25, 0.3) is 0 Å². The number of hydrogen-bond acceptors (Lipinski definition) is 8. The van der Waals surface area contributed by atoms with E-state index in [1.54, 1.807) is 12.3 Å². The third-order valence-electron chi connectivity index (χ3n) is 6.65. The Kier molecular flexibility index (Phi) is 5.69. The molecular formula is C28H25N5O4. The summed E-state index contributed by atoms with van der Waals surface area (Å²) in [5.41, 5.74) is 3.96. The number of para-hydroxylation sites is 1. The zero-order chi connectivity index (χ0) is 25.5. The minimum Gasteiger partial charge on any atom is -0.422 e. The number of ketones is 1. The molecular weight excluding hydrogens is 470 g/mol. The number of carbonyl (C=O) groups excluding carboxylic acids is 1. The smallest absolute Gasteiger partial charge is 0.349 e. The van der Waals surface area contributed by atoms with Crippen LogP contribution in [-0.2, 0) is 11.8 Å². The molecule has 0 saturated carbocycles. The fourth-order valence-electron chi connectivity index (χ4n) is 4.95. The van der Waals surface area contributed by atoms with Gasteiger partial charge in [-0.05, 0) is 31.2 Å². The standard InChI is InChI=1S/C28H25N5O4/c1-17(34)24-26(33-12-14-36-15-13-33)21-7-6-19(16-23(21)37-27(24)35)30-28-29-10-8-22(31-28)20-5-3-4-18-9-11-32(2)25(18)20/h3-11,16H,12-15H2,1-2H3,(H,29,30,31). The molecule has 2 aromatic carbocycles. The zero-order valence-corrected chi connectivity index (χ0v) is 20.5. The van der Waals surface area contributed by atoms with E-state index in [0.717, 1.165) is 22.2 Å². The van der Waals surface area contributed by atoms with Crippen molar-refractivity contribution in [2.24, 2.45) is 7.05 Å². The van der Waals surface area contributed by atoms with Gasteiger partial charge < -0.3 is 23.9 Å². The Balaban J connectivity index is 1.39. The van der Waals surface area contributed by atoms with E-state index in [9.17, 15) is 9.59 Å². The van der Waals surface area contributed by atoms with E-state index in [4.69, 9.17) is 14.1 Å². The lowest BCUT2D eigenvalue weighted by Gasteiger charge is -2.30. The van der Waals surface area contributed by atoms with Crippen LogP contribution >= 0.6 is 0 Å². The third kappa shape index (κ3) is 4.13. The van der Waals surface area contributed by atoms with Crippen LogP contribution in [-0.4, -0.2) is 46.6 Å². The largest absolute Gasteiger partial charge is 0.422 e.